The van der Waals surface area contributed by atoms with E-state index in [4.69, 9.17) is 42.0 Å². The molecule has 4 heterocycles. The maximum absolute atomic E-state index is 13.5. The number of benzene rings is 2. The van der Waals surface area contributed by atoms with Crippen molar-refractivity contribution in [2.75, 3.05) is 52.4 Å². The molecule has 4 aromatic heterocycles. The third-order valence-corrected chi connectivity index (χ3v) is 11.5. The molecule has 0 spiro atoms. The zero-order chi connectivity index (χ0) is 48.2. The fraction of sp³-hybridized carbons (Fsp3) is 0.375. The summed E-state index contributed by atoms with van der Waals surface area (Å²) in [6, 6.07) is 14.4. The molecule has 2 aliphatic rings. The Labute approximate surface area is 385 Å². The number of alkyl halides is 1. The summed E-state index contributed by atoms with van der Waals surface area (Å²) in [6.07, 6.45) is 3.24. The predicted octanol–water partition coefficient (Wildman–Crippen LogP) is 9.81. The molecule has 19 heteroatoms. The first kappa shape index (κ1) is 47.5. The first-order valence-electron chi connectivity index (χ1n) is 21.3. The number of halogens is 2. The third kappa shape index (κ3) is 10.3. The van der Waals surface area contributed by atoms with Gasteiger partial charge in [-0.3, -0.25) is 9.59 Å². The fourth-order valence-corrected chi connectivity index (χ4v) is 7.91. The summed E-state index contributed by atoms with van der Waals surface area (Å²) in [4.78, 5) is 40.6. The monoisotopic (exact) mass is 924 g/mol. The van der Waals surface area contributed by atoms with Crippen molar-refractivity contribution in [2.45, 2.75) is 78.1 Å². The van der Waals surface area contributed by atoms with Gasteiger partial charge in [-0.05, 0) is 108 Å². The van der Waals surface area contributed by atoms with Crippen molar-refractivity contribution in [3.63, 3.8) is 0 Å². The molecular formula is C48H52F2N6O11. The highest BCUT2D eigenvalue weighted by Crippen LogP contribution is 2.44. The zero-order valence-electron chi connectivity index (χ0n) is 38.9. The van der Waals surface area contributed by atoms with Gasteiger partial charge < -0.3 is 52.6 Å². The van der Waals surface area contributed by atoms with Crippen LogP contribution in [0.4, 0.5) is 20.2 Å². The first-order chi connectivity index (χ1) is 32.0. The Bertz CT molecular complexity index is 2750. The van der Waals surface area contributed by atoms with Crippen LogP contribution in [0.25, 0.3) is 0 Å². The number of carbonyl (C=O) groups is 2. The minimum Gasteiger partial charge on any atom is -0.479 e. The number of furan rings is 2. The van der Waals surface area contributed by atoms with Crippen molar-refractivity contribution in [1.82, 2.24) is 19.9 Å². The Balaban J connectivity index is 0.000000200. The lowest BCUT2D eigenvalue weighted by molar-refractivity contribution is 0.0984. The van der Waals surface area contributed by atoms with Gasteiger partial charge in [-0.1, -0.05) is 39.8 Å². The van der Waals surface area contributed by atoms with Gasteiger partial charge in [0.25, 0.3) is 23.7 Å². The molecule has 2 aromatic carbocycles. The number of hydrogen-bond donors (Lipinski definition) is 2. The number of amides is 2. The van der Waals surface area contributed by atoms with E-state index in [1.165, 1.54) is 62.8 Å². The quantitative estimate of drug-likeness (QED) is 0.0921. The number of hydrogen-bond acceptors (Lipinski definition) is 15. The fourth-order valence-electron chi connectivity index (χ4n) is 7.91. The van der Waals surface area contributed by atoms with Gasteiger partial charge in [-0.25, -0.2) is 4.39 Å². The summed E-state index contributed by atoms with van der Waals surface area (Å²) in [7, 11) is 5.29. The van der Waals surface area contributed by atoms with E-state index in [1.807, 2.05) is 19.9 Å². The molecule has 0 atom stereocenters. The Kier molecular flexibility index (Phi) is 13.9. The second-order valence-electron chi connectivity index (χ2n) is 17.0. The van der Waals surface area contributed by atoms with Crippen LogP contribution >= 0.6 is 0 Å². The molecule has 0 bridgehead atoms. The summed E-state index contributed by atoms with van der Waals surface area (Å²) in [6.45, 7) is 11.9. The van der Waals surface area contributed by atoms with Crippen LogP contribution in [0.2, 0.25) is 0 Å². The highest BCUT2D eigenvalue weighted by Gasteiger charge is 2.32. The number of methoxy groups -OCH3 is 4. The Hall–Kier alpha value is -7.44. The van der Waals surface area contributed by atoms with Gasteiger partial charge >= 0.3 is 12.1 Å². The molecule has 6 aromatic rings. The largest absolute Gasteiger partial charge is 0.479 e. The lowest BCUT2D eigenvalue weighted by Crippen LogP contribution is -2.15. The van der Waals surface area contributed by atoms with E-state index in [9.17, 15) is 18.4 Å². The highest BCUT2D eigenvalue weighted by molar-refractivity contribution is 6.04. The third-order valence-electron chi connectivity index (χ3n) is 11.5. The summed E-state index contributed by atoms with van der Waals surface area (Å²) < 4.78 is 74.6. The van der Waals surface area contributed by atoms with Gasteiger partial charge in [0.1, 0.15) is 24.8 Å². The van der Waals surface area contributed by atoms with Gasteiger partial charge in [-0.15, -0.1) is 0 Å². The molecule has 0 saturated heterocycles. The molecule has 0 aliphatic heterocycles. The molecule has 17 nitrogen and oxygen atoms in total. The normalized spacial score (nSPS) is 13.9. The predicted molar refractivity (Wildman–Crippen MR) is 240 cm³/mol. The van der Waals surface area contributed by atoms with Crippen LogP contribution in [-0.4, -0.2) is 73.5 Å². The van der Waals surface area contributed by atoms with Gasteiger partial charge in [0.05, 0.1) is 28.4 Å². The number of aryl methyl sites for hydroxylation is 4. The average molecular weight is 925 g/mol. The van der Waals surface area contributed by atoms with Crippen molar-refractivity contribution in [2.24, 2.45) is 0 Å². The number of nitrogens with one attached hydrogen (secondary N) is 2. The summed E-state index contributed by atoms with van der Waals surface area (Å²) in [5.74, 6) is 0.0795. The maximum atomic E-state index is 13.5. The van der Waals surface area contributed by atoms with Gasteiger partial charge in [0.15, 0.2) is 22.9 Å². The number of fused-ring (bicyclic) bond motifs is 2. The van der Waals surface area contributed by atoms with Crippen LogP contribution in [0.15, 0.2) is 57.4 Å². The number of ether oxygens (including phenoxy) is 7. The number of carbonyl (C=O) groups excluding carboxylic acids is 2. The Morgan fingerprint density at radius 3 is 1.43 bits per heavy atom. The number of nitrogens with zero attached hydrogens (tertiary/aromatic N) is 4. The van der Waals surface area contributed by atoms with Gasteiger partial charge in [0.2, 0.25) is 23.5 Å². The lowest BCUT2D eigenvalue weighted by Gasteiger charge is -2.20. The Morgan fingerprint density at radius 2 is 1.04 bits per heavy atom. The van der Waals surface area contributed by atoms with E-state index >= 15 is 0 Å². The zero-order valence-corrected chi connectivity index (χ0v) is 38.9. The highest BCUT2D eigenvalue weighted by atomic mass is 18.2. The smallest absolute Gasteiger partial charge is 0.323 e. The van der Waals surface area contributed by atoms with Crippen molar-refractivity contribution in [1.29, 1.82) is 0 Å². The van der Waals surface area contributed by atoms with Crippen molar-refractivity contribution >= 4 is 23.2 Å². The van der Waals surface area contributed by atoms with Gasteiger partial charge in [0, 0.05) is 12.1 Å². The molecule has 0 fully saturated rings. The minimum atomic E-state index is -1.04. The standard InChI is InChI=1S/C25H28FN3O6.C23H24FN3O5/c1-14-12-15-8-9-25(2,3)16(15)13-18(14)35-19-7-6-17(34-19)21(30)27-20-22(31-4)28-24(33-11-10-26)29-23(20)32-5;1-12-10-13-8-9-23(2,3)14(13)11-16(12)32-17-7-6-15(31-17)19(28)25-18-20(29-4)26-22(24)27-21(18)30-5/h6-7,12-13H,8-11H2,1-5H3,(H,27,30);6-7,10-11H,8-9H2,1-5H3,(H,25,28)/i26-1;24-1. The second-order valence-corrected chi connectivity index (χ2v) is 17.0. The van der Waals surface area contributed by atoms with Crippen LogP contribution in [0.3, 0.4) is 0 Å². The van der Waals surface area contributed by atoms with Crippen LogP contribution in [0, 0.1) is 19.9 Å². The average Bonchev–Trinajstić information content (AvgIpc) is 4.10. The van der Waals surface area contributed by atoms with Crippen molar-refractivity contribution < 1.29 is 60.4 Å². The van der Waals surface area contributed by atoms with E-state index in [1.54, 1.807) is 12.1 Å². The van der Waals surface area contributed by atoms with Crippen molar-refractivity contribution in [3.05, 3.63) is 99.5 Å². The summed E-state index contributed by atoms with van der Waals surface area (Å²) in [5.41, 5.74) is 7.41. The number of anilines is 2. The van der Waals surface area contributed by atoms with E-state index < -0.39 is 24.6 Å². The van der Waals surface area contributed by atoms with E-state index in [0.717, 1.165) is 36.8 Å². The molecule has 67 heavy (non-hydrogen) atoms. The molecule has 2 amide bonds. The number of rotatable bonds is 15. The van der Waals surface area contributed by atoms with E-state index in [0.29, 0.717) is 11.5 Å². The van der Waals surface area contributed by atoms with Crippen LogP contribution in [0.5, 0.6) is 52.9 Å². The second kappa shape index (κ2) is 19.6. The summed E-state index contributed by atoms with van der Waals surface area (Å²) in [5, 5.41) is 5.15. The maximum Gasteiger partial charge on any atom is 0.323 e. The van der Waals surface area contributed by atoms with Crippen LogP contribution < -0.4 is 43.8 Å². The SMILES string of the molecule is COc1nc(OCC[18F])nc(OC)c1NC(=O)c1ccc(Oc2cc3c(cc2C)CCC3(C)C)o1.COc1nc([18F])nc(OC)c1NC(=O)c1ccc(Oc2cc3c(cc2C)CCC3(C)C)o1. The molecule has 2 aliphatic carbocycles. The molecular weight excluding hydrogens is 873 g/mol. The lowest BCUT2D eigenvalue weighted by atomic mass is 9.86. The topological polar surface area (TPSA) is 201 Å². The molecule has 8 rings (SSSR count). The molecule has 0 saturated carbocycles. The molecule has 0 unspecified atom stereocenters. The molecule has 2 N–H and O–H groups in total. The van der Waals surface area contributed by atoms with E-state index in [2.05, 4.69) is 76.5 Å². The Morgan fingerprint density at radius 1 is 0.642 bits per heavy atom. The van der Waals surface area contributed by atoms with Gasteiger partial charge in [-0.2, -0.15) is 24.3 Å². The first-order valence-corrected chi connectivity index (χ1v) is 21.3. The molecule has 354 valence electrons. The van der Waals surface area contributed by atoms with Crippen LogP contribution in [0.1, 0.15) is 95.0 Å². The summed E-state index contributed by atoms with van der Waals surface area (Å²) >= 11 is 0. The number of aromatic nitrogens is 4. The van der Waals surface area contributed by atoms with E-state index in [-0.39, 0.29) is 81.8 Å². The van der Waals surface area contributed by atoms with Crippen LogP contribution in [-0.2, 0) is 23.7 Å². The minimum absolute atomic E-state index is 0.000930. The molecule has 0 radical (unpaired) electrons. The van der Waals surface area contributed by atoms with Crippen molar-refractivity contribution in [3.8, 4) is 52.9 Å².